The molecule has 1 aromatic heterocycles. The van der Waals surface area contributed by atoms with E-state index < -0.39 is 11.6 Å². The average molecular weight is 312 g/mol. The van der Waals surface area contributed by atoms with Crippen LogP contribution in [-0.4, -0.2) is 29.4 Å². The highest BCUT2D eigenvalue weighted by Gasteiger charge is 2.68. The van der Waals surface area contributed by atoms with Gasteiger partial charge in [0, 0.05) is 5.41 Å². The third-order valence-corrected chi connectivity index (χ3v) is 4.37. The lowest BCUT2D eigenvalue weighted by atomic mass is 9.80. The predicted molar refractivity (Wildman–Crippen MR) is 68.0 cm³/mol. The summed E-state index contributed by atoms with van der Waals surface area (Å²) in [6, 6.07) is 0. The summed E-state index contributed by atoms with van der Waals surface area (Å²) in [5.74, 6) is 0.161. The molecule has 0 spiro atoms. The molecule has 4 nitrogen and oxygen atoms in total. The largest absolute Gasteiger partial charge is 0.403 e. The van der Waals surface area contributed by atoms with Crippen molar-refractivity contribution in [2.45, 2.75) is 49.6 Å². The second kappa shape index (κ2) is 4.87. The molecule has 0 bridgehead atoms. The number of halogens is 4. The Morgan fingerprint density at radius 1 is 1.15 bits per heavy atom. The molecule has 8 heteroatoms. The van der Waals surface area contributed by atoms with Crippen molar-refractivity contribution in [2.24, 2.45) is 0 Å². The third kappa shape index (κ3) is 2.30. The van der Waals surface area contributed by atoms with Crippen LogP contribution in [0.2, 0.25) is 0 Å². The summed E-state index contributed by atoms with van der Waals surface area (Å²) >= 11 is 0. The molecule has 1 aromatic rings. The number of rotatable bonds is 2. The van der Waals surface area contributed by atoms with Crippen molar-refractivity contribution in [1.82, 2.24) is 15.5 Å². The summed E-state index contributed by atoms with van der Waals surface area (Å²) in [7, 11) is 0. The molecule has 0 unspecified atom stereocenters. The first-order valence-electron chi connectivity index (χ1n) is 6.50. The van der Waals surface area contributed by atoms with Gasteiger partial charge in [-0.3, -0.25) is 0 Å². The average Bonchev–Trinajstić information content (AvgIpc) is 3.01. The van der Waals surface area contributed by atoms with Crippen molar-refractivity contribution in [2.75, 3.05) is 13.1 Å². The summed E-state index contributed by atoms with van der Waals surface area (Å²) in [4.78, 5) is 4.08. The Morgan fingerprint density at radius 2 is 1.75 bits per heavy atom. The molecule has 1 saturated carbocycles. The highest BCUT2D eigenvalue weighted by atomic mass is 35.5. The number of aromatic nitrogens is 2. The van der Waals surface area contributed by atoms with E-state index >= 15 is 0 Å². The number of hydrogen-bond acceptors (Lipinski definition) is 4. The van der Waals surface area contributed by atoms with Gasteiger partial charge < -0.3 is 9.84 Å². The van der Waals surface area contributed by atoms with Crippen molar-refractivity contribution in [3.8, 4) is 0 Å². The number of hydrogen-bond donors (Lipinski definition) is 1. The van der Waals surface area contributed by atoms with Gasteiger partial charge in [0.1, 0.15) is 5.41 Å². The quantitative estimate of drug-likeness (QED) is 0.912. The molecule has 0 amide bonds. The van der Waals surface area contributed by atoms with E-state index in [0.29, 0.717) is 5.82 Å². The summed E-state index contributed by atoms with van der Waals surface area (Å²) in [6.07, 6.45) is -2.57. The second-order valence-corrected chi connectivity index (χ2v) is 5.81. The number of nitrogens with zero attached hydrogens (tertiary/aromatic N) is 2. The Bertz CT molecular complexity index is 479. The normalized spacial score (nSPS) is 24.0. The maximum atomic E-state index is 13.0. The van der Waals surface area contributed by atoms with Crippen LogP contribution in [-0.2, 0) is 10.8 Å². The Labute approximate surface area is 120 Å². The number of alkyl halides is 3. The molecule has 1 saturated heterocycles. The van der Waals surface area contributed by atoms with Gasteiger partial charge in [-0.2, -0.15) is 18.2 Å². The predicted octanol–water partition coefficient (Wildman–Crippen LogP) is 2.73. The minimum atomic E-state index is -4.30. The second-order valence-electron chi connectivity index (χ2n) is 5.81. The third-order valence-electron chi connectivity index (χ3n) is 4.37. The van der Waals surface area contributed by atoms with Crippen LogP contribution in [0.25, 0.3) is 0 Å². The first-order valence-corrected chi connectivity index (χ1v) is 6.50. The Balaban J connectivity index is 0.00000147. The highest BCUT2D eigenvalue weighted by molar-refractivity contribution is 5.85. The van der Waals surface area contributed by atoms with Gasteiger partial charge in [-0.15, -0.1) is 12.4 Å². The monoisotopic (exact) mass is 311 g/mol. The van der Waals surface area contributed by atoms with Gasteiger partial charge in [0.25, 0.3) is 0 Å². The maximum absolute atomic E-state index is 13.0. The first kappa shape index (κ1) is 15.6. The zero-order chi connectivity index (χ0) is 13.7. The number of piperidine rings is 1. The number of nitrogens with one attached hydrogen (secondary N) is 1. The molecule has 0 atom stereocenters. The van der Waals surface area contributed by atoms with Gasteiger partial charge in [-0.25, -0.2) is 0 Å². The van der Waals surface area contributed by atoms with E-state index in [1.54, 1.807) is 0 Å². The van der Waals surface area contributed by atoms with Crippen LogP contribution in [0.1, 0.15) is 44.3 Å². The molecule has 2 fully saturated rings. The topological polar surface area (TPSA) is 51.0 Å². The molecule has 0 radical (unpaired) electrons. The molecule has 114 valence electrons. The van der Waals surface area contributed by atoms with Crippen LogP contribution in [0.4, 0.5) is 13.2 Å². The lowest BCUT2D eigenvalue weighted by Crippen LogP contribution is -2.38. The molecule has 20 heavy (non-hydrogen) atoms. The van der Waals surface area contributed by atoms with Gasteiger partial charge in [-0.05, 0) is 38.8 Å². The van der Waals surface area contributed by atoms with Gasteiger partial charge in [0.15, 0.2) is 5.82 Å². The standard InChI is InChI=1S/C12H16F3N3O.ClH/c1-10(4-6-16-7-5-10)8-17-9(19-18-8)11(2-3-11)12(13,14)15;/h16H,2-7H2,1H3;1H. The zero-order valence-electron chi connectivity index (χ0n) is 11.1. The SMILES string of the molecule is CC1(c2noc(C3(C(F)(F)F)CC3)n2)CCNCC1.Cl. The van der Waals surface area contributed by atoms with Crippen molar-refractivity contribution in [1.29, 1.82) is 0 Å². The summed E-state index contributed by atoms with van der Waals surface area (Å²) in [5.41, 5.74) is -2.16. The van der Waals surface area contributed by atoms with Crippen molar-refractivity contribution in [3.63, 3.8) is 0 Å². The fourth-order valence-corrected chi connectivity index (χ4v) is 2.61. The lowest BCUT2D eigenvalue weighted by molar-refractivity contribution is -0.166. The van der Waals surface area contributed by atoms with Crippen LogP contribution < -0.4 is 5.32 Å². The van der Waals surface area contributed by atoms with E-state index in [-0.39, 0.29) is 36.6 Å². The van der Waals surface area contributed by atoms with E-state index in [4.69, 9.17) is 4.52 Å². The molecule has 1 aliphatic carbocycles. The Morgan fingerprint density at radius 3 is 2.25 bits per heavy atom. The van der Waals surface area contributed by atoms with E-state index in [0.717, 1.165) is 25.9 Å². The van der Waals surface area contributed by atoms with Crippen LogP contribution in [0.5, 0.6) is 0 Å². The molecular weight excluding hydrogens is 295 g/mol. The highest BCUT2D eigenvalue weighted by Crippen LogP contribution is 2.58. The summed E-state index contributed by atoms with van der Waals surface area (Å²) in [6.45, 7) is 3.63. The van der Waals surface area contributed by atoms with E-state index in [1.807, 2.05) is 6.92 Å². The molecule has 1 N–H and O–H groups in total. The molecule has 0 aromatic carbocycles. The molecule has 1 aliphatic heterocycles. The fraction of sp³-hybridized carbons (Fsp3) is 0.833. The van der Waals surface area contributed by atoms with Crippen molar-refractivity contribution in [3.05, 3.63) is 11.7 Å². The van der Waals surface area contributed by atoms with Crippen LogP contribution in [0, 0.1) is 0 Å². The molecular formula is C12H17ClF3N3O. The van der Waals surface area contributed by atoms with Gasteiger partial charge >= 0.3 is 6.18 Å². The molecule has 3 rings (SSSR count). The van der Waals surface area contributed by atoms with Gasteiger partial charge in [0.2, 0.25) is 5.89 Å². The molecule has 2 aliphatic rings. The van der Waals surface area contributed by atoms with E-state index in [2.05, 4.69) is 15.5 Å². The summed E-state index contributed by atoms with van der Waals surface area (Å²) in [5, 5.41) is 7.03. The Kier molecular flexibility index (Phi) is 3.79. The minimum Gasteiger partial charge on any atom is -0.338 e. The smallest absolute Gasteiger partial charge is 0.338 e. The van der Waals surface area contributed by atoms with E-state index in [9.17, 15) is 13.2 Å². The minimum absolute atomic E-state index is 0. The lowest BCUT2D eigenvalue weighted by Gasteiger charge is -2.30. The van der Waals surface area contributed by atoms with Crippen LogP contribution >= 0.6 is 12.4 Å². The van der Waals surface area contributed by atoms with Crippen LogP contribution in [0.15, 0.2) is 4.52 Å². The van der Waals surface area contributed by atoms with Gasteiger partial charge in [-0.1, -0.05) is 12.1 Å². The van der Waals surface area contributed by atoms with Crippen molar-refractivity contribution < 1.29 is 17.7 Å². The zero-order valence-corrected chi connectivity index (χ0v) is 11.9. The summed E-state index contributed by atoms with van der Waals surface area (Å²) < 4.78 is 43.9. The first-order chi connectivity index (χ1) is 8.87. The van der Waals surface area contributed by atoms with Crippen molar-refractivity contribution >= 4 is 12.4 Å². The van der Waals surface area contributed by atoms with Crippen LogP contribution in [0.3, 0.4) is 0 Å². The maximum Gasteiger partial charge on any atom is 0.403 e. The van der Waals surface area contributed by atoms with E-state index in [1.165, 1.54) is 0 Å². The molecule has 2 heterocycles. The Hall–Kier alpha value is -0.820. The fourth-order valence-electron chi connectivity index (χ4n) is 2.61. The van der Waals surface area contributed by atoms with Gasteiger partial charge in [0.05, 0.1) is 0 Å².